The van der Waals surface area contributed by atoms with Crippen LogP contribution in [0.4, 0.5) is 5.69 Å². The highest BCUT2D eigenvalue weighted by Crippen LogP contribution is 2.22. The van der Waals surface area contributed by atoms with Gasteiger partial charge in [-0.1, -0.05) is 40.2 Å². The summed E-state index contributed by atoms with van der Waals surface area (Å²) < 4.78 is 0.821. The molecule has 0 saturated carbocycles. The van der Waals surface area contributed by atoms with Crippen molar-refractivity contribution in [2.24, 2.45) is 0 Å². The number of carbonyl (C=O) groups excluding carboxylic acids is 1. The molecule has 0 spiro atoms. The number of anilines is 1. The Morgan fingerprint density at radius 1 is 1.19 bits per heavy atom. The van der Waals surface area contributed by atoms with Gasteiger partial charge in [-0.05, 0) is 48.6 Å². The standard InChI is InChI=1S/C17H17BrN2O/c18-14-7-13(8-15(19)10-14)17(21)20-16-6-5-11-3-1-2-4-12(11)9-16/h1-4,7-8,10,16H,5-6,9,19H2,(H,20,21). The van der Waals surface area contributed by atoms with Crippen LogP contribution in [0.25, 0.3) is 0 Å². The monoisotopic (exact) mass is 344 g/mol. The van der Waals surface area contributed by atoms with Gasteiger partial charge in [0.2, 0.25) is 0 Å². The molecule has 0 bridgehead atoms. The first-order valence-electron chi connectivity index (χ1n) is 7.05. The maximum atomic E-state index is 12.3. The number of amides is 1. The summed E-state index contributed by atoms with van der Waals surface area (Å²) in [6.07, 6.45) is 2.89. The van der Waals surface area contributed by atoms with Crippen molar-refractivity contribution in [2.75, 3.05) is 5.73 Å². The number of nitrogens with two attached hydrogens (primary N) is 1. The number of hydrogen-bond acceptors (Lipinski definition) is 2. The molecule has 108 valence electrons. The zero-order valence-electron chi connectivity index (χ0n) is 11.6. The van der Waals surface area contributed by atoms with E-state index < -0.39 is 0 Å². The van der Waals surface area contributed by atoms with E-state index in [-0.39, 0.29) is 11.9 Å². The molecule has 3 N–H and O–H groups in total. The summed E-state index contributed by atoms with van der Waals surface area (Å²) in [6.45, 7) is 0. The summed E-state index contributed by atoms with van der Waals surface area (Å²) in [4.78, 5) is 12.3. The Bertz CT molecular complexity index is 664. The molecule has 21 heavy (non-hydrogen) atoms. The molecule has 1 unspecified atom stereocenters. The van der Waals surface area contributed by atoms with E-state index in [0.29, 0.717) is 11.3 Å². The van der Waals surface area contributed by atoms with E-state index in [2.05, 4.69) is 45.5 Å². The molecule has 2 aromatic rings. The van der Waals surface area contributed by atoms with E-state index in [9.17, 15) is 4.79 Å². The highest BCUT2D eigenvalue weighted by atomic mass is 79.9. The molecule has 0 saturated heterocycles. The zero-order chi connectivity index (χ0) is 14.8. The lowest BCUT2D eigenvalue weighted by Crippen LogP contribution is -2.38. The number of nitrogens with one attached hydrogen (secondary N) is 1. The number of carbonyl (C=O) groups is 1. The smallest absolute Gasteiger partial charge is 0.251 e. The number of benzene rings is 2. The Hall–Kier alpha value is -1.81. The van der Waals surface area contributed by atoms with Crippen molar-refractivity contribution in [3.05, 3.63) is 63.6 Å². The van der Waals surface area contributed by atoms with Gasteiger partial charge in [0, 0.05) is 21.8 Å². The number of aryl methyl sites for hydroxylation is 1. The molecule has 1 aliphatic carbocycles. The van der Waals surface area contributed by atoms with E-state index >= 15 is 0 Å². The number of nitrogen functional groups attached to an aromatic ring is 1. The molecule has 0 heterocycles. The van der Waals surface area contributed by atoms with E-state index in [1.165, 1.54) is 11.1 Å². The van der Waals surface area contributed by atoms with Gasteiger partial charge in [-0.25, -0.2) is 0 Å². The molecule has 0 aromatic heterocycles. The van der Waals surface area contributed by atoms with Crippen LogP contribution in [0.3, 0.4) is 0 Å². The van der Waals surface area contributed by atoms with Gasteiger partial charge in [0.15, 0.2) is 0 Å². The average molecular weight is 345 g/mol. The lowest BCUT2D eigenvalue weighted by molar-refractivity contribution is 0.0933. The first-order valence-corrected chi connectivity index (χ1v) is 7.85. The molecule has 4 heteroatoms. The van der Waals surface area contributed by atoms with Gasteiger partial charge in [0.1, 0.15) is 0 Å². The van der Waals surface area contributed by atoms with Gasteiger partial charge >= 0.3 is 0 Å². The molecule has 1 atom stereocenters. The van der Waals surface area contributed by atoms with Crippen molar-refractivity contribution < 1.29 is 4.79 Å². The first kappa shape index (κ1) is 14.1. The Balaban J connectivity index is 1.71. The first-order chi connectivity index (χ1) is 10.1. The number of fused-ring (bicyclic) bond motifs is 1. The lowest BCUT2D eigenvalue weighted by Gasteiger charge is -2.25. The third kappa shape index (κ3) is 3.27. The van der Waals surface area contributed by atoms with Crippen molar-refractivity contribution in [2.45, 2.75) is 25.3 Å². The van der Waals surface area contributed by atoms with Crippen molar-refractivity contribution in [1.29, 1.82) is 0 Å². The molecule has 3 rings (SSSR count). The summed E-state index contributed by atoms with van der Waals surface area (Å²) in [5, 5.41) is 3.12. The summed E-state index contributed by atoms with van der Waals surface area (Å²) >= 11 is 3.37. The number of hydrogen-bond donors (Lipinski definition) is 2. The fraction of sp³-hybridized carbons (Fsp3) is 0.235. The predicted octanol–water partition coefficient (Wildman–Crippen LogP) is 3.32. The fourth-order valence-corrected chi connectivity index (χ4v) is 3.34. The second-order valence-corrected chi connectivity index (χ2v) is 6.37. The predicted molar refractivity (Wildman–Crippen MR) is 88.3 cm³/mol. The van der Waals surface area contributed by atoms with Crippen molar-refractivity contribution in [3.63, 3.8) is 0 Å². The van der Waals surface area contributed by atoms with Crippen molar-refractivity contribution in [3.8, 4) is 0 Å². The Kier molecular flexibility index (Phi) is 3.97. The molecule has 0 aliphatic heterocycles. The molecular weight excluding hydrogens is 328 g/mol. The second-order valence-electron chi connectivity index (χ2n) is 5.46. The SMILES string of the molecule is Nc1cc(Br)cc(C(=O)NC2CCc3ccccc3C2)c1. The summed E-state index contributed by atoms with van der Waals surface area (Å²) in [5.41, 5.74) is 9.70. The highest BCUT2D eigenvalue weighted by Gasteiger charge is 2.20. The molecule has 0 fully saturated rings. The van der Waals surface area contributed by atoms with E-state index in [1.807, 2.05) is 0 Å². The van der Waals surface area contributed by atoms with Gasteiger partial charge < -0.3 is 11.1 Å². The Morgan fingerprint density at radius 2 is 1.95 bits per heavy atom. The molecule has 1 aliphatic rings. The van der Waals surface area contributed by atoms with Crippen LogP contribution in [-0.2, 0) is 12.8 Å². The van der Waals surface area contributed by atoms with Crippen LogP contribution in [0, 0.1) is 0 Å². The molecule has 2 aromatic carbocycles. The summed E-state index contributed by atoms with van der Waals surface area (Å²) in [5.74, 6) is -0.0626. The second kappa shape index (κ2) is 5.90. The maximum Gasteiger partial charge on any atom is 0.251 e. The molecule has 3 nitrogen and oxygen atoms in total. The molecule has 0 radical (unpaired) electrons. The van der Waals surface area contributed by atoms with Crippen molar-refractivity contribution in [1.82, 2.24) is 5.32 Å². The summed E-state index contributed by atoms with van der Waals surface area (Å²) in [7, 11) is 0. The zero-order valence-corrected chi connectivity index (χ0v) is 13.2. The average Bonchev–Trinajstić information content (AvgIpc) is 2.46. The number of halogens is 1. The van der Waals surface area contributed by atoms with Gasteiger partial charge in [-0.15, -0.1) is 0 Å². The third-order valence-corrected chi connectivity index (χ3v) is 4.32. The topological polar surface area (TPSA) is 55.1 Å². The lowest BCUT2D eigenvalue weighted by atomic mass is 9.88. The van der Waals surface area contributed by atoms with Gasteiger partial charge in [0.05, 0.1) is 0 Å². The molecule has 1 amide bonds. The minimum absolute atomic E-state index is 0.0626. The Morgan fingerprint density at radius 3 is 2.71 bits per heavy atom. The van der Waals surface area contributed by atoms with Gasteiger partial charge in [-0.3, -0.25) is 4.79 Å². The van der Waals surface area contributed by atoms with Crippen LogP contribution in [0.2, 0.25) is 0 Å². The normalized spacial score (nSPS) is 17.1. The Labute approximate surface area is 132 Å². The van der Waals surface area contributed by atoms with Gasteiger partial charge in [0.25, 0.3) is 5.91 Å². The third-order valence-electron chi connectivity index (χ3n) is 3.86. The van der Waals surface area contributed by atoms with Crippen LogP contribution in [-0.4, -0.2) is 11.9 Å². The maximum absolute atomic E-state index is 12.3. The van der Waals surface area contributed by atoms with E-state index in [4.69, 9.17) is 5.73 Å². The van der Waals surface area contributed by atoms with Crippen LogP contribution >= 0.6 is 15.9 Å². The summed E-state index contributed by atoms with van der Waals surface area (Å²) in [6, 6.07) is 13.9. The van der Waals surface area contributed by atoms with Crippen LogP contribution in [0.15, 0.2) is 46.9 Å². The minimum Gasteiger partial charge on any atom is -0.399 e. The van der Waals surface area contributed by atoms with E-state index in [1.54, 1.807) is 18.2 Å². The number of rotatable bonds is 2. The largest absolute Gasteiger partial charge is 0.399 e. The van der Waals surface area contributed by atoms with E-state index in [0.717, 1.165) is 23.7 Å². The van der Waals surface area contributed by atoms with Crippen LogP contribution in [0.5, 0.6) is 0 Å². The van der Waals surface area contributed by atoms with Crippen molar-refractivity contribution >= 4 is 27.5 Å². The minimum atomic E-state index is -0.0626. The van der Waals surface area contributed by atoms with Crippen LogP contribution < -0.4 is 11.1 Å². The quantitative estimate of drug-likeness (QED) is 0.821. The molecular formula is C17H17BrN2O. The fourth-order valence-electron chi connectivity index (χ4n) is 2.83. The van der Waals surface area contributed by atoms with Gasteiger partial charge in [-0.2, -0.15) is 0 Å². The van der Waals surface area contributed by atoms with Crippen LogP contribution in [0.1, 0.15) is 27.9 Å². The highest BCUT2D eigenvalue weighted by molar-refractivity contribution is 9.10.